The van der Waals surface area contributed by atoms with Crippen molar-refractivity contribution in [2.75, 3.05) is 19.9 Å². The van der Waals surface area contributed by atoms with Crippen LogP contribution in [-0.4, -0.2) is 32.9 Å². The molecule has 2 N–H and O–H groups in total. The van der Waals surface area contributed by atoms with E-state index in [1.807, 2.05) is 6.92 Å². The Morgan fingerprint density at radius 2 is 2.05 bits per heavy atom. The van der Waals surface area contributed by atoms with E-state index in [-0.39, 0.29) is 10.9 Å². The van der Waals surface area contributed by atoms with E-state index in [2.05, 4.69) is 0 Å². The van der Waals surface area contributed by atoms with Crippen molar-refractivity contribution >= 4 is 15.7 Å². The molecule has 0 radical (unpaired) electrons. The fourth-order valence-corrected chi connectivity index (χ4v) is 3.76. The van der Waals surface area contributed by atoms with Crippen molar-refractivity contribution in [1.29, 1.82) is 0 Å². The Labute approximate surface area is 114 Å². The number of hydrogen-bond donors (Lipinski definition) is 1. The molecule has 1 atom stereocenters. The minimum absolute atomic E-state index is 0.00358. The maximum Gasteiger partial charge on any atom is 0.246 e. The predicted octanol–water partition coefficient (Wildman–Crippen LogP) is 1.70. The summed E-state index contributed by atoms with van der Waals surface area (Å²) >= 11 is 0. The fourth-order valence-electron chi connectivity index (χ4n) is 2.14. The number of nitrogen functional groups attached to an aromatic ring is 1. The number of methoxy groups -OCH3 is 1. The van der Waals surface area contributed by atoms with Crippen molar-refractivity contribution < 1.29 is 13.2 Å². The van der Waals surface area contributed by atoms with Crippen LogP contribution < -0.4 is 10.5 Å². The van der Waals surface area contributed by atoms with Gasteiger partial charge in [0.25, 0.3) is 0 Å². The summed E-state index contributed by atoms with van der Waals surface area (Å²) in [5.41, 5.74) is 6.10. The molecule has 1 aliphatic rings. The number of sulfonamides is 1. The van der Waals surface area contributed by atoms with Gasteiger partial charge in [-0.3, -0.25) is 0 Å². The second kappa shape index (κ2) is 5.02. The standard InChI is InChI=1S/C13H20N2O3S/c1-9(10-4-5-10)15(2)19(16,17)13-8-11(14)6-7-12(13)18-3/h6-10H,4-5,14H2,1-3H3. The van der Waals surface area contributed by atoms with Crippen molar-refractivity contribution in [3.8, 4) is 5.75 Å². The molecule has 106 valence electrons. The summed E-state index contributed by atoms with van der Waals surface area (Å²) in [6.45, 7) is 1.94. The van der Waals surface area contributed by atoms with Gasteiger partial charge in [0.05, 0.1) is 7.11 Å². The molecular formula is C13H20N2O3S. The lowest BCUT2D eigenvalue weighted by molar-refractivity contribution is 0.352. The van der Waals surface area contributed by atoms with Crippen LogP contribution in [-0.2, 0) is 10.0 Å². The molecule has 0 bridgehead atoms. The van der Waals surface area contributed by atoms with E-state index in [0.29, 0.717) is 17.4 Å². The third-order valence-corrected chi connectivity index (χ3v) is 5.69. The molecule has 0 saturated heterocycles. The first-order chi connectivity index (χ1) is 8.87. The van der Waals surface area contributed by atoms with Crippen LogP contribution in [0.5, 0.6) is 5.75 Å². The molecule has 2 rings (SSSR count). The zero-order valence-corrected chi connectivity index (χ0v) is 12.3. The van der Waals surface area contributed by atoms with Crippen LogP contribution in [0.3, 0.4) is 0 Å². The summed E-state index contributed by atoms with van der Waals surface area (Å²) in [5.74, 6) is 0.788. The van der Waals surface area contributed by atoms with Crippen LogP contribution in [0.15, 0.2) is 23.1 Å². The Balaban J connectivity index is 2.40. The highest BCUT2D eigenvalue weighted by molar-refractivity contribution is 7.89. The molecule has 0 aliphatic heterocycles. The van der Waals surface area contributed by atoms with Gasteiger partial charge >= 0.3 is 0 Å². The quantitative estimate of drug-likeness (QED) is 0.835. The van der Waals surface area contributed by atoms with Gasteiger partial charge in [0.15, 0.2) is 0 Å². The number of nitrogens with two attached hydrogens (primary N) is 1. The maximum atomic E-state index is 12.6. The number of hydrogen-bond acceptors (Lipinski definition) is 4. The zero-order chi connectivity index (χ0) is 14.2. The fraction of sp³-hybridized carbons (Fsp3) is 0.538. The molecule has 1 aromatic carbocycles. The molecule has 1 fully saturated rings. The monoisotopic (exact) mass is 284 g/mol. The van der Waals surface area contributed by atoms with E-state index < -0.39 is 10.0 Å². The zero-order valence-electron chi connectivity index (χ0n) is 11.5. The first-order valence-corrected chi connectivity index (χ1v) is 7.73. The summed E-state index contributed by atoms with van der Waals surface area (Å²) in [5, 5.41) is 0. The number of benzene rings is 1. The average molecular weight is 284 g/mol. The van der Waals surface area contributed by atoms with Gasteiger partial charge in [-0.25, -0.2) is 8.42 Å². The summed E-state index contributed by atoms with van der Waals surface area (Å²) in [7, 11) is -0.515. The lowest BCUT2D eigenvalue weighted by Gasteiger charge is -2.25. The molecular weight excluding hydrogens is 264 g/mol. The summed E-state index contributed by atoms with van der Waals surface area (Å²) in [4.78, 5) is 0.130. The maximum absolute atomic E-state index is 12.6. The molecule has 1 aliphatic carbocycles. The highest BCUT2D eigenvalue weighted by atomic mass is 32.2. The van der Waals surface area contributed by atoms with Gasteiger partial charge in [-0.2, -0.15) is 4.31 Å². The number of ether oxygens (including phenoxy) is 1. The molecule has 0 heterocycles. The Kier molecular flexibility index (Phi) is 3.73. The highest BCUT2D eigenvalue weighted by Gasteiger charge is 2.37. The van der Waals surface area contributed by atoms with Crippen molar-refractivity contribution in [3.05, 3.63) is 18.2 Å². The smallest absolute Gasteiger partial charge is 0.246 e. The van der Waals surface area contributed by atoms with Crippen molar-refractivity contribution in [2.24, 2.45) is 5.92 Å². The first kappa shape index (κ1) is 14.1. The van der Waals surface area contributed by atoms with Crippen molar-refractivity contribution in [2.45, 2.75) is 30.7 Å². The number of nitrogens with zero attached hydrogens (tertiary/aromatic N) is 1. The average Bonchev–Trinajstić information content (AvgIpc) is 3.21. The lowest BCUT2D eigenvalue weighted by Crippen LogP contribution is -2.36. The third kappa shape index (κ3) is 2.69. The van der Waals surface area contributed by atoms with E-state index >= 15 is 0 Å². The van der Waals surface area contributed by atoms with Gasteiger partial charge < -0.3 is 10.5 Å². The van der Waals surface area contributed by atoms with Crippen LogP contribution >= 0.6 is 0 Å². The minimum atomic E-state index is -3.58. The van der Waals surface area contributed by atoms with Gasteiger partial charge in [0.2, 0.25) is 10.0 Å². The SMILES string of the molecule is COc1ccc(N)cc1S(=O)(=O)N(C)C(C)C1CC1. The number of anilines is 1. The summed E-state index contributed by atoms with van der Waals surface area (Å²) in [6, 6.07) is 4.65. The van der Waals surface area contributed by atoms with Gasteiger partial charge in [-0.05, 0) is 43.9 Å². The molecule has 0 aromatic heterocycles. The molecule has 6 heteroatoms. The normalized spacial score (nSPS) is 17.5. The second-order valence-corrected chi connectivity index (χ2v) is 6.98. The molecule has 1 aromatic rings. The Morgan fingerprint density at radius 3 is 2.58 bits per heavy atom. The van der Waals surface area contributed by atoms with E-state index in [1.165, 1.54) is 17.5 Å². The first-order valence-electron chi connectivity index (χ1n) is 6.29. The van der Waals surface area contributed by atoms with Gasteiger partial charge in [-0.15, -0.1) is 0 Å². The molecule has 0 spiro atoms. The molecule has 1 saturated carbocycles. The van der Waals surface area contributed by atoms with Gasteiger partial charge in [0.1, 0.15) is 10.6 Å². The Bertz CT molecular complexity index is 567. The molecule has 1 unspecified atom stereocenters. The minimum Gasteiger partial charge on any atom is -0.495 e. The number of rotatable bonds is 5. The molecule has 19 heavy (non-hydrogen) atoms. The highest BCUT2D eigenvalue weighted by Crippen LogP contribution is 2.37. The lowest BCUT2D eigenvalue weighted by atomic mass is 10.2. The van der Waals surface area contributed by atoms with E-state index in [4.69, 9.17) is 10.5 Å². The second-order valence-electron chi connectivity index (χ2n) is 5.01. The van der Waals surface area contributed by atoms with Gasteiger partial charge in [-0.1, -0.05) is 0 Å². The van der Waals surface area contributed by atoms with Crippen LogP contribution in [0.1, 0.15) is 19.8 Å². The van der Waals surface area contributed by atoms with Crippen LogP contribution in [0.2, 0.25) is 0 Å². The summed E-state index contributed by atoms with van der Waals surface area (Å²) in [6.07, 6.45) is 2.18. The predicted molar refractivity (Wildman–Crippen MR) is 74.5 cm³/mol. The van der Waals surface area contributed by atoms with Crippen LogP contribution in [0, 0.1) is 5.92 Å². The Morgan fingerprint density at radius 1 is 1.42 bits per heavy atom. The van der Waals surface area contributed by atoms with Crippen LogP contribution in [0.4, 0.5) is 5.69 Å². The topological polar surface area (TPSA) is 72.6 Å². The van der Waals surface area contributed by atoms with E-state index in [1.54, 1.807) is 19.2 Å². The Hall–Kier alpha value is -1.27. The van der Waals surface area contributed by atoms with Gasteiger partial charge in [0, 0.05) is 18.8 Å². The van der Waals surface area contributed by atoms with E-state index in [0.717, 1.165) is 12.8 Å². The largest absolute Gasteiger partial charge is 0.495 e. The van der Waals surface area contributed by atoms with Crippen LogP contribution in [0.25, 0.3) is 0 Å². The van der Waals surface area contributed by atoms with Crippen molar-refractivity contribution in [3.63, 3.8) is 0 Å². The van der Waals surface area contributed by atoms with E-state index in [9.17, 15) is 8.42 Å². The molecule has 0 amide bonds. The third-order valence-electron chi connectivity index (χ3n) is 3.72. The summed E-state index contributed by atoms with van der Waals surface area (Å²) < 4.78 is 31.8. The van der Waals surface area contributed by atoms with Crippen molar-refractivity contribution in [1.82, 2.24) is 4.31 Å². The molecule has 5 nitrogen and oxygen atoms in total.